The zero-order valence-electron chi connectivity index (χ0n) is 11.5. The predicted molar refractivity (Wildman–Crippen MR) is 80.0 cm³/mol. The third kappa shape index (κ3) is 3.30. The summed E-state index contributed by atoms with van der Waals surface area (Å²) >= 11 is 5.67. The van der Waals surface area contributed by atoms with Gasteiger partial charge in [-0.1, -0.05) is 36.7 Å². The first kappa shape index (κ1) is 14.8. The molecular formula is C16H17ClFNO. The van der Waals surface area contributed by atoms with E-state index in [0.29, 0.717) is 5.75 Å². The Bertz CT molecular complexity index is 584. The monoisotopic (exact) mass is 293 g/mol. The molecule has 0 fully saturated rings. The second kappa shape index (κ2) is 6.73. The lowest BCUT2D eigenvalue weighted by Gasteiger charge is -2.18. The van der Waals surface area contributed by atoms with E-state index in [1.165, 1.54) is 12.1 Å². The van der Waals surface area contributed by atoms with Crippen LogP contribution < -0.4 is 10.1 Å². The Hall–Kier alpha value is -1.58. The van der Waals surface area contributed by atoms with E-state index < -0.39 is 5.82 Å². The average molecular weight is 294 g/mol. The number of para-hydroxylation sites is 1. The van der Waals surface area contributed by atoms with E-state index in [1.54, 1.807) is 6.07 Å². The standard InChI is InChI=1S/C16H17ClFNO/c1-3-15(19-2)12-6-4-5-7-16(12)20-11-8-9-13(17)14(18)10-11/h4-10,15,19H,3H2,1-2H3. The van der Waals surface area contributed by atoms with Crippen molar-refractivity contribution in [2.75, 3.05) is 7.05 Å². The van der Waals surface area contributed by atoms with Crippen LogP contribution in [0.15, 0.2) is 42.5 Å². The van der Waals surface area contributed by atoms with Gasteiger partial charge in [0, 0.05) is 17.7 Å². The summed E-state index contributed by atoms with van der Waals surface area (Å²) in [5.41, 5.74) is 1.05. The van der Waals surface area contributed by atoms with Crippen molar-refractivity contribution < 1.29 is 9.13 Å². The molecule has 0 saturated heterocycles. The number of nitrogens with one attached hydrogen (secondary N) is 1. The first-order chi connectivity index (χ1) is 9.65. The van der Waals surface area contributed by atoms with Crippen molar-refractivity contribution >= 4 is 11.6 Å². The molecule has 0 bridgehead atoms. The molecular weight excluding hydrogens is 277 g/mol. The van der Waals surface area contributed by atoms with Crippen molar-refractivity contribution in [2.45, 2.75) is 19.4 Å². The molecule has 20 heavy (non-hydrogen) atoms. The summed E-state index contributed by atoms with van der Waals surface area (Å²) in [5.74, 6) is 0.669. The van der Waals surface area contributed by atoms with E-state index in [9.17, 15) is 4.39 Å². The van der Waals surface area contributed by atoms with Crippen LogP contribution in [0.4, 0.5) is 4.39 Å². The maximum Gasteiger partial charge on any atom is 0.145 e. The van der Waals surface area contributed by atoms with E-state index in [-0.39, 0.29) is 11.1 Å². The topological polar surface area (TPSA) is 21.3 Å². The summed E-state index contributed by atoms with van der Waals surface area (Å²) in [4.78, 5) is 0. The lowest BCUT2D eigenvalue weighted by atomic mass is 10.0. The number of benzene rings is 2. The second-order valence-electron chi connectivity index (χ2n) is 4.47. The van der Waals surface area contributed by atoms with Crippen LogP contribution in [0.3, 0.4) is 0 Å². The molecule has 0 aliphatic carbocycles. The van der Waals surface area contributed by atoms with Crippen molar-refractivity contribution in [2.24, 2.45) is 0 Å². The summed E-state index contributed by atoms with van der Waals surface area (Å²) in [6, 6.07) is 12.4. The van der Waals surface area contributed by atoms with Gasteiger partial charge in [0.1, 0.15) is 17.3 Å². The van der Waals surface area contributed by atoms with Gasteiger partial charge in [0.05, 0.1) is 5.02 Å². The van der Waals surface area contributed by atoms with E-state index in [2.05, 4.69) is 12.2 Å². The van der Waals surface area contributed by atoms with Gasteiger partial charge in [-0.25, -0.2) is 4.39 Å². The Morgan fingerprint density at radius 2 is 2.00 bits per heavy atom. The third-order valence-corrected chi connectivity index (χ3v) is 3.48. The predicted octanol–water partition coefficient (Wildman–Crippen LogP) is 4.94. The van der Waals surface area contributed by atoms with Crippen LogP contribution in [-0.2, 0) is 0 Å². The molecule has 4 heteroatoms. The maximum atomic E-state index is 13.4. The summed E-state index contributed by atoms with van der Waals surface area (Å²) in [7, 11) is 1.91. The van der Waals surface area contributed by atoms with Crippen LogP contribution in [-0.4, -0.2) is 7.05 Å². The normalized spacial score (nSPS) is 12.2. The maximum absolute atomic E-state index is 13.4. The molecule has 0 radical (unpaired) electrons. The van der Waals surface area contributed by atoms with Gasteiger partial charge in [-0.05, 0) is 31.7 Å². The molecule has 0 aliphatic rings. The quantitative estimate of drug-likeness (QED) is 0.843. The van der Waals surface area contributed by atoms with E-state index in [0.717, 1.165) is 17.7 Å². The summed E-state index contributed by atoms with van der Waals surface area (Å²) in [5, 5.41) is 3.33. The molecule has 0 spiro atoms. The lowest BCUT2D eigenvalue weighted by Crippen LogP contribution is -2.15. The van der Waals surface area contributed by atoms with Crippen molar-refractivity contribution in [1.29, 1.82) is 0 Å². The fourth-order valence-electron chi connectivity index (χ4n) is 2.11. The fourth-order valence-corrected chi connectivity index (χ4v) is 2.23. The van der Waals surface area contributed by atoms with Gasteiger partial charge in [-0.15, -0.1) is 0 Å². The molecule has 1 atom stereocenters. The Labute approximate surface area is 123 Å². The lowest BCUT2D eigenvalue weighted by molar-refractivity contribution is 0.455. The van der Waals surface area contributed by atoms with Crippen LogP contribution in [0.5, 0.6) is 11.5 Å². The number of halogens is 2. The van der Waals surface area contributed by atoms with Crippen molar-refractivity contribution in [3.8, 4) is 11.5 Å². The summed E-state index contributed by atoms with van der Waals surface area (Å²) < 4.78 is 19.2. The van der Waals surface area contributed by atoms with Crippen LogP contribution in [0.2, 0.25) is 5.02 Å². The summed E-state index contributed by atoms with van der Waals surface area (Å²) in [6.07, 6.45) is 0.936. The third-order valence-electron chi connectivity index (χ3n) is 3.17. The Balaban J connectivity index is 2.31. The van der Waals surface area contributed by atoms with Crippen LogP contribution in [0.25, 0.3) is 0 Å². The van der Waals surface area contributed by atoms with Gasteiger partial charge in [0.2, 0.25) is 0 Å². The minimum absolute atomic E-state index is 0.0901. The molecule has 2 aromatic carbocycles. The highest BCUT2D eigenvalue weighted by atomic mass is 35.5. The molecule has 2 rings (SSSR count). The van der Waals surface area contributed by atoms with Gasteiger partial charge in [0.15, 0.2) is 0 Å². The van der Waals surface area contributed by atoms with Crippen molar-refractivity contribution in [3.63, 3.8) is 0 Å². The van der Waals surface area contributed by atoms with E-state index >= 15 is 0 Å². The highest BCUT2D eigenvalue weighted by Gasteiger charge is 2.13. The average Bonchev–Trinajstić information content (AvgIpc) is 2.46. The molecule has 0 aliphatic heterocycles. The second-order valence-corrected chi connectivity index (χ2v) is 4.87. The highest BCUT2D eigenvalue weighted by molar-refractivity contribution is 6.30. The molecule has 0 saturated carbocycles. The molecule has 0 aromatic heterocycles. The van der Waals surface area contributed by atoms with Crippen molar-refractivity contribution in [3.05, 3.63) is 58.9 Å². The Morgan fingerprint density at radius 1 is 1.25 bits per heavy atom. The molecule has 2 nitrogen and oxygen atoms in total. The molecule has 0 heterocycles. The number of hydrogen-bond acceptors (Lipinski definition) is 2. The number of ether oxygens (including phenoxy) is 1. The van der Waals surface area contributed by atoms with Gasteiger partial charge in [-0.3, -0.25) is 0 Å². The number of rotatable bonds is 5. The zero-order chi connectivity index (χ0) is 14.5. The van der Waals surface area contributed by atoms with Crippen LogP contribution >= 0.6 is 11.6 Å². The molecule has 1 N–H and O–H groups in total. The SMILES string of the molecule is CCC(NC)c1ccccc1Oc1ccc(Cl)c(F)c1. The van der Waals surface area contributed by atoms with E-state index in [1.807, 2.05) is 31.3 Å². The van der Waals surface area contributed by atoms with Gasteiger partial charge < -0.3 is 10.1 Å². The Kier molecular flexibility index (Phi) is 4.99. The Morgan fingerprint density at radius 3 is 2.65 bits per heavy atom. The largest absolute Gasteiger partial charge is 0.457 e. The van der Waals surface area contributed by atoms with Crippen LogP contribution in [0.1, 0.15) is 24.9 Å². The van der Waals surface area contributed by atoms with Gasteiger partial charge >= 0.3 is 0 Å². The summed E-state index contributed by atoms with van der Waals surface area (Å²) in [6.45, 7) is 2.10. The number of hydrogen-bond donors (Lipinski definition) is 1. The smallest absolute Gasteiger partial charge is 0.145 e. The van der Waals surface area contributed by atoms with Crippen molar-refractivity contribution in [1.82, 2.24) is 5.32 Å². The van der Waals surface area contributed by atoms with Gasteiger partial charge in [0.25, 0.3) is 0 Å². The first-order valence-corrected chi connectivity index (χ1v) is 6.92. The first-order valence-electron chi connectivity index (χ1n) is 6.54. The highest BCUT2D eigenvalue weighted by Crippen LogP contribution is 2.32. The molecule has 2 aromatic rings. The fraction of sp³-hybridized carbons (Fsp3) is 0.250. The molecule has 0 amide bonds. The molecule has 1 unspecified atom stereocenters. The van der Waals surface area contributed by atoms with Crippen LogP contribution in [0, 0.1) is 5.82 Å². The van der Waals surface area contributed by atoms with Gasteiger partial charge in [-0.2, -0.15) is 0 Å². The minimum atomic E-state index is -0.484. The van der Waals surface area contributed by atoms with E-state index in [4.69, 9.17) is 16.3 Å². The molecule has 106 valence electrons. The minimum Gasteiger partial charge on any atom is -0.457 e. The zero-order valence-corrected chi connectivity index (χ0v) is 12.2.